The molecule has 0 aliphatic rings. The van der Waals surface area contributed by atoms with E-state index in [1.165, 1.54) is 11.3 Å². The van der Waals surface area contributed by atoms with Crippen molar-refractivity contribution in [2.45, 2.75) is 6.92 Å². The number of carbonyl (C=O) groups is 1. The standard InChI is InChI=1S/C12H10N6OS/c1-8-2-4-9(5-3-8)18-6-10(15-17-18)11(19)14-12-16-13-7-20-12/h2-7H,1H3,(H,14,16,19). The monoisotopic (exact) mass is 286 g/mol. The molecule has 0 bridgehead atoms. The first-order valence-electron chi connectivity index (χ1n) is 5.79. The number of nitrogens with zero attached hydrogens (tertiary/aromatic N) is 5. The first-order chi connectivity index (χ1) is 9.72. The van der Waals surface area contributed by atoms with Crippen LogP contribution < -0.4 is 5.32 Å². The SMILES string of the molecule is Cc1ccc(-n2cc(C(=O)Nc3nncs3)nn2)cc1. The van der Waals surface area contributed by atoms with Crippen molar-refractivity contribution < 1.29 is 4.79 Å². The highest BCUT2D eigenvalue weighted by Gasteiger charge is 2.13. The zero-order chi connectivity index (χ0) is 13.9. The minimum atomic E-state index is -0.361. The topological polar surface area (TPSA) is 85.6 Å². The molecule has 20 heavy (non-hydrogen) atoms. The molecule has 0 atom stereocenters. The van der Waals surface area contributed by atoms with Crippen molar-refractivity contribution in [3.63, 3.8) is 0 Å². The minimum Gasteiger partial charge on any atom is -0.295 e. The number of nitrogens with one attached hydrogen (secondary N) is 1. The van der Waals surface area contributed by atoms with Gasteiger partial charge in [0, 0.05) is 0 Å². The highest BCUT2D eigenvalue weighted by atomic mass is 32.1. The molecule has 2 aromatic heterocycles. The van der Waals surface area contributed by atoms with E-state index in [9.17, 15) is 4.79 Å². The van der Waals surface area contributed by atoms with Gasteiger partial charge in [0.05, 0.1) is 11.9 Å². The van der Waals surface area contributed by atoms with Crippen LogP contribution in [0.2, 0.25) is 0 Å². The summed E-state index contributed by atoms with van der Waals surface area (Å²) in [6.07, 6.45) is 1.57. The molecule has 8 heteroatoms. The molecular weight excluding hydrogens is 276 g/mol. The van der Waals surface area contributed by atoms with E-state index in [1.807, 2.05) is 31.2 Å². The molecule has 0 aliphatic heterocycles. The molecule has 1 amide bonds. The van der Waals surface area contributed by atoms with Gasteiger partial charge in [-0.3, -0.25) is 10.1 Å². The lowest BCUT2D eigenvalue weighted by Crippen LogP contribution is -2.12. The van der Waals surface area contributed by atoms with Crippen LogP contribution in [0, 0.1) is 6.92 Å². The Morgan fingerprint density at radius 1 is 1.25 bits per heavy atom. The van der Waals surface area contributed by atoms with Gasteiger partial charge in [0.2, 0.25) is 5.13 Å². The second kappa shape index (κ2) is 5.17. The minimum absolute atomic E-state index is 0.223. The average Bonchev–Trinajstić information content (AvgIpc) is 3.10. The molecule has 0 unspecified atom stereocenters. The van der Waals surface area contributed by atoms with Crippen molar-refractivity contribution in [2.24, 2.45) is 0 Å². The number of hydrogen-bond donors (Lipinski definition) is 1. The van der Waals surface area contributed by atoms with Crippen LogP contribution in [0.15, 0.2) is 36.0 Å². The van der Waals surface area contributed by atoms with Crippen molar-refractivity contribution in [2.75, 3.05) is 5.32 Å². The first-order valence-corrected chi connectivity index (χ1v) is 6.67. The van der Waals surface area contributed by atoms with Gasteiger partial charge in [0.1, 0.15) is 5.51 Å². The molecule has 1 aromatic carbocycles. The number of benzene rings is 1. The molecule has 0 spiro atoms. The summed E-state index contributed by atoms with van der Waals surface area (Å²) in [6.45, 7) is 2.01. The largest absolute Gasteiger partial charge is 0.295 e. The number of aryl methyl sites for hydroxylation is 1. The Morgan fingerprint density at radius 2 is 2.05 bits per heavy atom. The van der Waals surface area contributed by atoms with Gasteiger partial charge in [0.25, 0.3) is 5.91 Å². The van der Waals surface area contributed by atoms with E-state index in [0.717, 1.165) is 11.3 Å². The molecule has 3 aromatic rings. The summed E-state index contributed by atoms with van der Waals surface area (Å²) in [5, 5.41) is 18.2. The van der Waals surface area contributed by atoms with Gasteiger partial charge in [-0.2, -0.15) is 0 Å². The average molecular weight is 286 g/mol. The van der Waals surface area contributed by atoms with E-state index in [2.05, 4.69) is 25.8 Å². The number of hydrogen-bond acceptors (Lipinski definition) is 6. The summed E-state index contributed by atoms with van der Waals surface area (Å²) >= 11 is 1.24. The van der Waals surface area contributed by atoms with Crippen LogP contribution in [0.1, 0.15) is 16.1 Å². The molecule has 1 N–H and O–H groups in total. The maximum atomic E-state index is 11.9. The second-order valence-electron chi connectivity index (χ2n) is 4.08. The van der Waals surface area contributed by atoms with Crippen LogP contribution in [-0.2, 0) is 0 Å². The molecule has 2 heterocycles. The fraction of sp³-hybridized carbons (Fsp3) is 0.0833. The van der Waals surface area contributed by atoms with Crippen molar-refractivity contribution in [1.82, 2.24) is 25.2 Å². The van der Waals surface area contributed by atoms with E-state index in [0.29, 0.717) is 5.13 Å². The van der Waals surface area contributed by atoms with Gasteiger partial charge in [-0.25, -0.2) is 4.68 Å². The van der Waals surface area contributed by atoms with Crippen molar-refractivity contribution in [3.8, 4) is 5.69 Å². The number of amides is 1. The fourth-order valence-corrected chi connectivity index (χ4v) is 2.02. The lowest BCUT2D eigenvalue weighted by Gasteiger charge is -1.99. The summed E-state index contributed by atoms with van der Waals surface area (Å²) in [7, 11) is 0. The van der Waals surface area contributed by atoms with Gasteiger partial charge in [0.15, 0.2) is 5.69 Å². The maximum Gasteiger partial charge on any atom is 0.279 e. The van der Waals surface area contributed by atoms with Gasteiger partial charge < -0.3 is 0 Å². The predicted molar refractivity (Wildman–Crippen MR) is 74.0 cm³/mol. The van der Waals surface area contributed by atoms with Crippen molar-refractivity contribution in [1.29, 1.82) is 0 Å². The van der Waals surface area contributed by atoms with Crippen LogP contribution in [0.3, 0.4) is 0 Å². The molecule has 100 valence electrons. The Hall–Kier alpha value is -2.61. The third kappa shape index (κ3) is 2.54. The first kappa shape index (κ1) is 12.4. The number of rotatable bonds is 3. The third-order valence-electron chi connectivity index (χ3n) is 2.61. The number of anilines is 1. The zero-order valence-electron chi connectivity index (χ0n) is 10.5. The summed E-state index contributed by atoms with van der Waals surface area (Å²) in [5.41, 5.74) is 3.76. The van der Waals surface area contributed by atoms with E-state index < -0.39 is 0 Å². The van der Waals surface area contributed by atoms with Gasteiger partial charge >= 0.3 is 0 Å². The molecule has 0 saturated carbocycles. The van der Waals surface area contributed by atoms with Gasteiger partial charge in [-0.05, 0) is 19.1 Å². The highest BCUT2D eigenvalue weighted by Crippen LogP contribution is 2.11. The normalized spacial score (nSPS) is 10.4. The van der Waals surface area contributed by atoms with Crippen molar-refractivity contribution >= 4 is 22.4 Å². The van der Waals surface area contributed by atoms with E-state index in [4.69, 9.17) is 0 Å². The Bertz CT molecular complexity index is 719. The number of aromatic nitrogens is 5. The van der Waals surface area contributed by atoms with E-state index in [1.54, 1.807) is 16.4 Å². The summed E-state index contributed by atoms with van der Waals surface area (Å²) in [5.74, 6) is -0.361. The second-order valence-corrected chi connectivity index (χ2v) is 4.92. The van der Waals surface area contributed by atoms with Crippen LogP contribution in [-0.4, -0.2) is 31.1 Å². The smallest absolute Gasteiger partial charge is 0.279 e. The molecule has 7 nitrogen and oxygen atoms in total. The lowest BCUT2D eigenvalue weighted by atomic mass is 10.2. The quantitative estimate of drug-likeness (QED) is 0.791. The molecule has 0 aliphatic carbocycles. The fourth-order valence-electron chi connectivity index (χ4n) is 1.58. The van der Waals surface area contributed by atoms with Crippen LogP contribution in [0.4, 0.5) is 5.13 Å². The number of carbonyl (C=O) groups excluding carboxylic acids is 1. The van der Waals surface area contributed by atoms with Crippen LogP contribution in [0.25, 0.3) is 5.69 Å². The van der Waals surface area contributed by atoms with Gasteiger partial charge in [-0.1, -0.05) is 34.2 Å². The molecular formula is C12H10N6OS. The van der Waals surface area contributed by atoms with Crippen LogP contribution >= 0.6 is 11.3 Å². The molecule has 0 fully saturated rings. The highest BCUT2D eigenvalue weighted by molar-refractivity contribution is 7.13. The Morgan fingerprint density at radius 3 is 2.75 bits per heavy atom. The zero-order valence-corrected chi connectivity index (χ0v) is 11.3. The van der Waals surface area contributed by atoms with Crippen molar-refractivity contribution in [3.05, 3.63) is 47.2 Å². The maximum absolute atomic E-state index is 11.9. The van der Waals surface area contributed by atoms with Crippen LogP contribution in [0.5, 0.6) is 0 Å². The Balaban J connectivity index is 1.79. The Labute approximate surface area is 118 Å². The van der Waals surface area contributed by atoms with E-state index >= 15 is 0 Å². The third-order valence-corrected chi connectivity index (χ3v) is 3.21. The predicted octanol–water partition coefficient (Wildman–Crippen LogP) is 1.68. The molecule has 0 radical (unpaired) electrons. The Kier molecular flexibility index (Phi) is 3.21. The summed E-state index contributed by atoms with van der Waals surface area (Å²) < 4.78 is 1.55. The summed E-state index contributed by atoms with van der Waals surface area (Å²) in [6, 6.07) is 7.77. The van der Waals surface area contributed by atoms with Gasteiger partial charge in [-0.15, -0.1) is 15.3 Å². The summed E-state index contributed by atoms with van der Waals surface area (Å²) in [4.78, 5) is 11.9. The lowest BCUT2D eigenvalue weighted by molar-refractivity contribution is 0.102. The molecule has 0 saturated heterocycles. The molecule has 3 rings (SSSR count). The van der Waals surface area contributed by atoms with E-state index in [-0.39, 0.29) is 11.6 Å².